The van der Waals surface area contributed by atoms with Crippen LogP contribution in [-0.2, 0) is 30.3 Å². The van der Waals surface area contributed by atoms with Gasteiger partial charge in [0.1, 0.15) is 0 Å². The monoisotopic (exact) mass is 907 g/mol. The van der Waals surface area contributed by atoms with E-state index in [0.717, 1.165) is 5.56 Å². The first-order valence-electron chi connectivity index (χ1n) is 17.8. The number of aromatic nitrogens is 1. The van der Waals surface area contributed by atoms with E-state index in [9.17, 15) is 18.0 Å². The number of thiophene rings is 1. The summed E-state index contributed by atoms with van der Waals surface area (Å²) in [6, 6.07) is 18.2. The molecule has 0 unspecified atom stereocenters. The minimum atomic E-state index is -4.90. The van der Waals surface area contributed by atoms with Crippen LogP contribution >= 0.6 is 11.3 Å². The molecule has 6 rings (SSSR count). The molecule has 1 N–H and O–H groups in total. The number of carbonyl (C=O) groups is 1. The normalized spacial score (nSPS) is 15.5. The third-order valence-electron chi connectivity index (χ3n) is 10.3. The van der Waals surface area contributed by atoms with Crippen LogP contribution in [0.3, 0.4) is 0 Å². The van der Waals surface area contributed by atoms with Gasteiger partial charge in [-0.2, -0.15) is 25.7 Å². The molecule has 1 fully saturated rings. The number of aliphatic hydroxyl groups excluding tert-OH is 1. The van der Waals surface area contributed by atoms with E-state index in [1.807, 2.05) is 11.3 Å². The molecular weight excluding hydrogens is 856 g/mol. The third-order valence-corrected chi connectivity index (χ3v) is 11.7. The second kappa shape index (κ2) is 15.6. The largest absolute Gasteiger partial charge is 0.512 e. The van der Waals surface area contributed by atoms with Crippen LogP contribution in [0.15, 0.2) is 66.6 Å². The van der Waals surface area contributed by atoms with Crippen LogP contribution < -0.4 is 4.57 Å². The third kappa shape index (κ3) is 8.72. The molecule has 8 heteroatoms. The number of nitrogens with zero attached hydrogens (tertiary/aromatic N) is 1. The Balaban J connectivity index is 0.000000372. The van der Waals surface area contributed by atoms with Crippen LogP contribution in [0.5, 0.6) is 0 Å². The summed E-state index contributed by atoms with van der Waals surface area (Å²) in [6.45, 7) is 22.2. The minimum Gasteiger partial charge on any atom is -0.512 e. The van der Waals surface area contributed by atoms with Crippen molar-refractivity contribution in [3.63, 3.8) is 0 Å². The fourth-order valence-corrected chi connectivity index (χ4v) is 8.82. The molecule has 0 atom stereocenters. The molecule has 2 aromatic heterocycles. The van der Waals surface area contributed by atoms with Gasteiger partial charge in [0.2, 0.25) is 0 Å². The Kier molecular flexibility index (Phi) is 12.4. The van der Waals surface area contributed by atoms with Gasteiger partial charge in [-0.25, -0.2) is 0 Å². The number of fused-ring (bicyclic) bond motifs is 4. The van der Waals surface area contributed by atoms with E-state index >= 15 is 0 Å². The van der Waals surface area contributed by atoms with Crippen LogP contribution in [0, 0.1) is 32.2 Å². The zero-order valence-electron chi connectivity index (χ0n) is 31.6. The van der Waals surface area contributed by atoms with Crippen LogP contribution in [0.25, 0.3) is 42.2 Å². The van der Waals surface area contributed by atoms with Gasteiger partial charge in [-0.3, -0.25) is 4.79 Å². The predicted molar refractivity (Wildman–Crippen MR) is 207 cm³/mol. The number of rotatable bonds is 5. The topological polar surface area (TPSA) is 41.2 Å². The quantitative estimate of drug-likeness (QED) is 0.0826. The number of carbonyl (C=O) groups excluding carboxylic acids is 1. The summed E-state index contributed by atoms with van der Waals surface area (Å²) in [4.78, 5) is 10.3. The number of allylic oxidation sites excluding steroid dienone is 2. The second-order valence-corrected chi connectivity index (χ2v) is 17.4. The van der Waals surface area contributed by atoms with Crippen LogP contribution in [0.2, 0.25) is 0 Å². The van der Waals surface area contributed by atoms with Crippen LogP contribution in [-0.4, -0.2) is 17.1 Å². The Bertz CT molecular complexity index is 2130. The summed E-state index contributed by atoms with van der Waals surface area (Å²) in [5.41, 5.74) is 8.33. The van der Waals surface area contributed by atoms with Crippen molar-refractivity contribution in [2.45, 2.75) is 105 Å². The molecule has 0 amide bonds. The van der Waals surface area contributed by atoms with E-state index in [1.54, 1.807) is 19.4 Å². The Morgan fingerprint density at radius 2 is 1.60 bits per heavy atom. The molecular formula is C44H51F3IrNO2S-. The zero-order chi connectivity index (χ0) is 37.6. The molecule has 0 saturated heterocycles. The van der Waals surface area contributed by atoms with Crippen LogP contribution in [0.4, 0.5) is 13.2 Å². The van der Waals surface area contributed by atoms with E-state index in [1.165, 1.54) is 79.0 Å². The number of alkyl halides is 3. The van der Waals surface area contributed by atoms with Gasteiger partial charge in [0, 0.05) is 49.0 Å². The van der Waals surface area contributed by atoms with Gasteiger partial charge in [-0.15, -0.1) is 34.4 Å². The molecule has 1 aliphatic rings. The van der Waals surface area contributed by atoms with E-state index in [-0.39, 0.29) is 43.9 Å². The number of aliphatic hydroxyl groups is 1. The van der Waals surface area contributed by atoms with Gasteiger partial charge in [0.25, 0.3) is 5.78 Å². The second-order valence-electron chi connectivity index (χ2n) is 16.4. The Labute approximate surface area is 324 Å². The summed E-state index contributed by atoms with van der Waals surface area (Å²) in [5, 5.41) is 14.1. The zero-order valence-corrected chi connectivity index (χ0v) is 34.8. The molecule has 1 saturated carbocycles. The van der Waals surface area contributed by atoms with Gasteiger partial charge in [0.05, 0.1) is 17.6 Å². The molecule has 1 aliphatic carbocycles. The fourth-order valence-electron chi connectivity index (χ4n) is 7.45. The van der Waals surface area contributed by atoms with E-state index in [4.69, 9.17) is 5.11 Å². The molecule has 0 aliphatic heterocycles. The number of benzene rings is 3. The van der Waals surface area contributed by atoms with Gasteiger partial charge in [0.15, 0.2) is 0 Å². The Morgan fingerprint density at radius 1 is 1.00 bits per heavy atom. The average molecular weight is 907 g/mol. The minimum absolute atomic E-state index is 0. The standard InChI is InChI=1S/C36H40NS.C8H11F3O2.Ir/c1-22-26-11-9-10-12-27(26)31(35(3,4)5)21-30(22)32-34-29(17-20-37(32)8)28-14-13-25(23(2)33(28)38-34)24-15-18-36(6,7)19-16-24;1-5(2)3-6(12)4-7(13)8(9,10)11;/h9-14,17,20-21,24H,1,8,15-16,18-19H2,2-7H3;4-5,12H,3H2,1-2H3;/q-1;;/b;6-4-;. The number of hydrogen-bond donors (Lipinski definition) is 1. The summed E-state index contributed by atoms with van der Waals surface area (Å²) in [6.07, 6.45) is 2.75. The van der Waals surface area contributed by atoms with Crippen molar-refractivity contribution in [3.05, 3.63) is 103 Å². The molecule has 52 heavy (non-hydrogen) atoms. The summed E-state index contributed by atoms with van der Waals surface area (Å²) >= 11 is 1.94. The SMILES string of the molecule is CC(C)C/C(O)=C/C(=O)C(F)(F)F.[CH2-]c1c(-c2c3sc4c(C)c(C5CCC(C)(C)CC5)ccc4c3cc[n+]2[CH2-])cc(C(C)(C)C)c2ccccc12.[Ir]. The summed E-state index contributed by atoms with van der Waals surface area (Å²) in [7, 11) is 4.45. The maximum atomic E-state index is 11.6. The molecule has 3 nitrogen and oxygen atoms in total. The van der Waals surface area contributed by atoms with Gasteiger partial charge in [-0.05, 0) is 83.2 Å². The first-order valence-corrected chi connectivity index (χ1v) is 18.6. The molecule has 3 aromatic carbocycles. The molecule has 5 aromatic rings. The maximum Gasteiger partial charge on any atom is 0.454 e. The van der Waals surface area contributed by atoms with Gasteiger partial charge >= 0.3 is 6.18 Å². The predicted octanol–water partition coefficient (Wildman–Crippen LogP) is 12.9. The number of halogens is 3. The number of aryl methyl sites for hydroxylation is 1. The first-order chi connectivity index (χ1) is 23.7. The molecule has 1 radical (unpaired) electrons. The molecule has 0 bridgehead atoms. The fraction of sp³-hybridized carbons (Fsp3) is 0.409. The van der Waals surface area contributed by atoms with Crippen molar-refractivity contribution in [2.75, 3.05) is 0 Å². The molecule has 0 spiro atoms. The van der Waals surface area contributed by atoms with E-state index in [2.05, 4.69) is 115 Å². The van der Waals surface area contributed by atoms with Crippen molar-refractivity contribution in [3.8, 4) is 11.3 Å². The van der Waals surface area contributed by atoms with Crippen molar-refractivity contribution >= 4 is 48.1 Å². The number of ketones is 1. The molecule has 2 heterocycles. The number of pyridine rings is 1. The Hall–Kier alpha value is -3.32. The van der Waals surface area contributed by atoms with Crippen LogP contribution in [0.1, 0.15) is 109 Å². The summed E-state index contributed by atoms with van der Waals surface area (Å²) in [5.74, 6) is -1.86. The van der Waals surface area contributed by atoms with E-state index < -0.39 is 17.7 Å². The van der Waals surface area contributed by atoms with Crippen molar-refractivity contribution in [1.29, 1.82) is 0 Å². The maximum absolute atomic E-state index is 11.6. The van der Waals surface area contributed by atoms with Crippen molar-refractivity contribution < 1.29 is 47.7 Å². The van der Waals surface area contributed by atoms with Gasteiger partial charge < -0.3 is 9.67 Å². The number of hydrogen-bond acceptors (Lipinski definition) is 3. The Morgan fingerprint density at radius 3 is 2.17 bits per heavy atom. The smallest absolute Gasteiger partial charge is 0.454 e. The van der Waals surface area contributed by atoms with Gasteiger partial charge in [-0.1, -0.05) is 89.7 Å². The summed E-state index contributed by atoms with van der Waals surface area (Å²) < 4.78 is 39.7. The van der Waals surface area contributed by atoms with Crippen molar-refractivity contribution in [2.24, 2.45) is 11.3 Å². The van der Waals surface area contributed by atoms with E-state index in [0.29, 0.717) is 11.3 Å². The average Bonchev–Trinajstić information content (AvgIpc) is 3.40. The van der Waals surface area contributed by atoms with Crippen molar-refractivity contribution in [1.82, 2.24) is 0 Å². The molecule has 281 valence electrons. The first kappa shape index (κ1) is 41.4.